The Hall–Kier alpha value is -2.88. The van der Waals surface area contributed by atoms with Crippen LogP contribution in [-0.4, -0.2) is 17.6 Å². The van der Waals surface area contributed by atoms with E-state index in [9.17, 15) is 4.79 Å². The number of nitrogens with zero attached hydrogens (tertiary/aromatic N) is 2. The summed E-state index contributed by atoms with van der Waals surface area (Å²) in [5.74, 6) is 0.493. The third kappa shape index (κ3) is 2.09. The molecule has 0 spiro atoms. The Bertz CT molecular complexity index is 824. The van der Waals surface area contributed by atoms with Crippen molar-refractivity contribution >= 4 is 11.6 Å². The Morgan fingerprint density at radius 3 is 2.68 bits per heavy atom. The van der Waals surface area contributed by atoms with Gasteiger partial charge in [0.2, 0.25) is 0 Å². The normalized spacial score (nSPS) is 13.2. The van der Waals surface area contributed by atoms with Crippen LogP contribution in [0.4, 0.5) is 5.69 Å². The molecule has 1 amide bonds. The number of fused-ring (bicyclic) bond motifs is 1. The molecule has 0 saturated heterocycles. The molecule has 22 heavy (non-hydrogen) atoms. The van der Waals surface area contributed by atoms with E-state index >= 15 is 0 Å². The summed E-state index contributed by atoms with van der Waals surface area (Å²) in [7, 11) is 0. The van der Waals surface area contributed by atoms with Gasteiger partial charge in [0, 0.05) is 23.9 Å². The maximum Gasteiger partial charge on any atom is 0.280 e. The second-order valence-corrected chi connectivity index (χ2v) is 5.28. The van der Waals surface area contributed by atoms with Crippen LogP contribution in [0.25, 0.3) is 11.3 Å². The van der Waals surface area contributed by atoms with Crippen LogP contribution in [0.2, 0.25) is 0 Å². The molecule has 0 unspecified atom stereocenters. The van der Waals surface area contributed by atoms with Crippen molar-refractivity contribution in [1.29, 1.82) is 0 Å². The van der Waals surface area contributed by atoms with Gasteiger partial charge in [-0.05, 0) is 18.1 Å². The monoisotopic (exact) mass is 290 g/mol. The van der Waals surface area contributed by atoms with Crippen LogP contribution < -0.4 is 4.90 Å². The lowest BCUT2D eigenvalue weighted by Gasteiger charge is -2.15. The van der Waals surface area contributed by atoms with E-state index in [1.54, 1.807) is 11.0 Å². The first-order chi connectivity index (χ1) is 10.8. The molecule has 108 valence electrons. The highest BCUT2D eigenvalue weighted by molar-refractivity contribution is 6.06. The highest BCUT2D eigenvalue weighted by Gasteiger charge is 2.27. The van der Waals surface area contributed by atoms with Gasteiger partial charge < -0.3 is 9.42 Å². The fourth-order valence-corrected chi connectivity index (χ4v) is 2.80. The van der Waals surface area contributed by atoms with Crippen LogP contribution >= 0.6 is 0 Å². The average molecular weight is 290 g/mol. The summed E-state index contributed by atoms with van der Waals surface area (Å²) in [5, 5.41) is 3.94. The zero-order valence-corrected chi connectivity index (χ0v) is 11.9. The molecule has 0 radical (unpaired) electrons. The van der Waals surface area contributed by atoms with Gasteiger partial charge in [0.1, 0.15) is 0 Å². The Morgan fingerprint density at radius 1 is 1.05 bits per heavy atom. The molecule has 0 aliphatic carbocycles. The third-order valence-corrected chi connectivity index (χ3v) is 3.92. The number of anilines is 1. The van der Waals surface area contributed by atoms with E-state index in [0.29, 0.717) is 18.0 Å². The SMILES string of the molecule is O=C(c1cc(-c2ccccc2)on1)N1CCc2ccccc21. The Morgan fingerprint density at radius 2 is 1.82 bits per heavy atom. The minimum absolute atomic E-state index is 0.115. The molecule has 3 aromatic rings. The lowest BCUT2D eigenvalue weighted by atomic mass is 10.1. The van der Waals surface area contributed by atoms with Crippen LogP contribution in [0.3, 0.4) is 0 Å². The van der Waals surface area contributed by atoms with E-state index in [4.69, 9.17) is 4.52 Å². The second kappa shape index (κ2) is 5.15. The van der Waals surface area contributed by atoms with Gasteiger partial charge in [-0.2, -0.15) is 0 Å². The zero-order chi connectivity index (χ0) is 14.9. The largest absolute Gasteiger partial charge is 0.355 e. The Balaban J connectivity index is 1.64. The molecule has 0 saturated carbocycles. The molecule has 4 nitrogen and oxygen atoms in total. The molecule has 0 fully saturated rings. The third-order valence-electron chi connectivity index (χ3n) is 3.92. The Kier molecular flexibility index (Phi) is 3.00. The summed E-state index contributed by atoms with van der Waals surface area (Å²) in [6.07, 6.45) is 0.880. The van der Waals surface area contributed by atoms with E-state index in [-0.39, 0.29) is 5.91 Å². The molecular formula is C18H14N2O2. The predicted octanol–water partition coefficient (Wildman–Crippen LogP) is 3.54. The summed E-state index contributed by atoms with van der Waals surface area (Å²) in [5.41, 5.74) is 3.42. The van der Waals surface area contributed by atoms with Crippen LogP contribution in [0, 0.1) is 0 Å². The standard InChI is InChI=1S/C18H14N2O2/c21-18(20-11-10-13-6-4-5-9-16(13)20)15-12-17(22-19-15)14-7-2-1-3-8-14/h1-9,12H,10-11H2. The zero-order valence-electron chi connectivity index (χ0n) is 11.9. The van der Waals surface area contributed by atoms with Crippen molar-refractivity contribution in [2.75, 3.05) is 11.4 Å². The number of aromatic nitrogens is 1. The van der Waals surface area contributed by atoms with Crippen LogP contribution in [0.5, 0.6) is 0 Å². The minimum atomic E-state index is -0.115. The number of hydrogen-bond donors (Lipinski definition) is 0. The van der Waals surface area contributed by atoms with E-state index in [1.165, 1.54) is 5.56 Å². The fourth-order valence-electron chi connectivity index (χ4n) is 2.80. The van der Waals surface area contributed by atoms with Crippen molar-refractivity contribution in [3.05, 3.63) is 71.9 Å². The second-order valence-electron chi connectivity index (χ2n) is 5.28. The van der Waals surface area contributed by atoms with Crippen LogP contribution in [0.1, 0.15) is 16.1 Å². The molecular weight excluding hydrogens is 276 g/mol. The molecule has 0 atom stereocenters. The predicted molar refractivity (Wildman–Crippen MR) is 83.8 cm³/mol. The number of carbonyl (C=O) groups is 1. The maximum atomic E-state index is 12.7. The van der Waals surface area contributed by atoms with Crippen molar-refractivity contribution in [2.45, 2.75) is 6.42 Å². The van der Waals surface area contributed by atoms with Crippen molar-refractivity contribution in [2.24, 2.45) is 0 Å². The van der Waals surface area contributed by atoms with E-state index < -0.39 is 0 Å². The summed E-state index contributed by atoms with van der Waals surface area (Å²) < 4.78 is 5.32. The number of benzene rings is 2. The fraction of sp³-hybridized carbons (Fsp3) is 0.111. The maximum absolute atomic E-state index is 12.7. The lowest BCUT2D eigenvalue weighted by molar-refractivity contribution is 0.0981. The molecule has 2 aromatic carbocycles. The molecule has 4 heteroatoms. The van der Waals surface area contributed by atoms with Gasteiger partial charge in [-0.25, -0.2) is 0 Å². The molecule has 0 N–H and O–H groups in total. The van der Waals surface area contributed by atoms with Gasteiger partial charge in [0.25, 0.3) is 5.91 Å². The molecule has 2 heterocycles. The molecule has 1 aromatic heterocycles. The minimum Gasteiger partial charge on any atom is -0.355 e. The van der Waals surface area contributed by atoms with Gasteiger partial charge in [0.05, 0.1) is 0 Å². The van der Waals surface area contributed by atoms with Crippen molar-refractivity contribution in [3.63, 3.8) is 0 Å². The van der Waals surface area contributed by atoms with E-state index in [0.717, 1.165) is 17.7 Å². The molecule has 1 aliphatic heterocycles. The van der Waals surface area contributed by atoms with Gasteiger partial charge >= 0.3 is 0 Å². The highest BCUT2D eigenvalue weighted by Crippen LogP contribution is 2.29. The first-order valence-electron chi connectivity index (χ1n) is 7.25. The highest BCUT2D eigenvalue weighted by atomic mass is 16.5. The van der Waals surface area contributed by atoms with Crippen LogP contribution in [0.15, 0.2) is 65.2 Å². The van der Waals surface area contributed by atoms with Crippen molar-refractivity contribution in [3.8, 4) is 11.3 Å². The summed E-state index contributed by atoms with van der Waals surface area (Å²) in [6, 6.07) is 19.3. The molecule has 4 rings (SSSR count). The number of carbonyl (C=O) groups excluding carboxylic acids is 1. The van der Waals surface area contributed by atoms with Crippen LogP contribution in [-0.2, 0) is 6.42 Å². The first-order valence-corrected chi connectivity index (χ1v) is 7.25. The quantitative estimate of drug-likeness (QED) is 0.725. The van der Waals surface area contributed by atoms with Gasteiger partial charge in [-0.1, -0.05) is 53.7 Å². The van der Waals surface area contributed by atoms with Crippen molar-refractivity contribution < 1.29 is 9.32 Å². The average Bonchev–Trinajstić information content (AvgIpc) is 3.22. The molecule has 1 aliphatic rings. The van der Waals surface area contributed by atoms with E-state index in [1.807, 2.05) is 48.5 Å². The summed E-state index contributed by atoms with van der Waals surface area (Å²) in [6.45, 7) is 0.686. The number of amides is 1. The smallest absolute Gasteiger partial charge is 0.280 e. The number of rotatable bonds is 2. The van der Waals surface area contributed by atoms with Gasteiger partial charge in [-0.15, -0.1) is 0 Å². The Labute approximate surface area is 128 Å². The summed E-state index contributed by atoms with van der Waals surface area (Å²) >= 11 is 0. The number of hydrogen-bond acceptors (Lipinski definition) is 3. The first kappa shape index (κ1) is 12.8. The van der Waals surface area contributed by atoms with Gasteiger partial charge in [0.15, 0.2) is 11.5 Å². The van der Waals surface area contributed by atoms with Gasteiger partial charge in [-0.3, -0.25) is 4.79 Å². The van der Waals surface area contributed by atoms with E-state index in [2.05, 4.69) is 11.2 Å². The number of para-hydroxylation sites is 1. The topological polar surface area (TPSA) is 46.3 Å². The molecule has 0 bridgehead atoms. The van der Waals surface area contributed by atoms with Crippen molar-refractivity contribution in [1.82, 2.24) is 5.16 Å². The summed E-state index contributed by atoms with van der Waals surface area (Å²) in [4.78, 5) is 14.4. The lowest BCUT2D eigenvalue weighted by Crippen LogP contribution is -2.29.